The Morgan fingerprint density at radius 2 is 1.86 bits per heavy atom. The van der Waals surface area contributed by atoms with Crippen molar-refractivity contribution in [1.29, 1.82) is 0 Å². The lowest BCUT2D eigenvalue weighted by atomic mass is 9.99. The average molecular weight is 401 g/mol. The molecule has 0 spiro atoms. The van der Waals surface area contributed by atoms with E-state index in [2.05, 4.69) is 4.98 Å². The Balaban J connectivity index is 1.78. The number of hydrogen-bond acceptors (Lipinski definition) is 5. The van der Waals surface area contributed by atoms with E-state index in [0.29, 0.717) is 5.69 Å². The van der Waals surface area contributed by atoms with E-state index in [-0.39, 0.29) is 23.5 Å². The van der Waals surface area contributed by atoms with Crippen molar-refractivity contribution in [3.05, 3.63) is 69.9 Å². The molecular formula is C18H15N3O6S. The van der Waals surface area contributed by atoms with Crippen molar-refractivity contribution in [1.82, 2.24) is 9.29 Å². The normalized spacial score (nSPS) is 17.4. The molecule has 0 saturated carbocycles. The van der Waals surface area contributed by atoms with E-state index in [9.17, 15) is 28.4 Å². The van der Waals surface area contributed by atoms with Gasteiger partial charge in [-0.25, -0.2) is 8.42 Å². The van der Waals surface area contributed by atoms with Crippen LogP contribution in [0.3, 0.4) is 0 Å². The van der Waals surface area contributed by atoms with Crippen molar-refractivity contribution in [2.75, 3.05) is 0 Å². The van der Waals surface area contributed by atoms with Crippen LogP contribution in [-0.2, 0) is 27.8 Å². The van der Waals surface area contributed by atoms with Gasteiger partial charge in [-0.3, -0.25) is 14.9 Å². The second kappa shape index (κ2) is 6.43. The zero-order chi connectivity index (χ0) is 20.1. The number of sulfonamides is 1. The van der Waals surface area contributed by atoms with Crippen LogP contribution in [0, 0.1) is 10.1 Å². The third-order valence-electron chi connectivity index (χ3n) is 4.90. The Kier molecular flexibility index (Phi) is 4.16. The highest BCUT2D eigenvalue weighted by molar-refractivity contribution is 7.89. The molecule has 2 heterocycles. The Morgan fingerprint density at radius 3 is 2.50 bits per heavy atom. The highest BCUT2D eigenvalue weighted by Crippen LogP contribution is 2.33. The number of aromatic nitrogens is 1. The van der Waals surface area contributed by atoms with Crippen LogP contribution in [-0.4, -0.2) is 39.7 Å². The highest BCUT2D eigenvalue weighted by atomic mass is 32.2. The lowest BCUT2D eigenvalue weighted by Gasteiger charge is -2.32. The number of nitrogens with zero attached hydrogens (tertiary/aromatic N) is 2. The summed E-state index contributed by atoms with van der Waals surface area (Å²) in [6.07, 6.45) is 0.0287. The van der Waals surface area contributed by atoms with E-state index in [4.69, 9.17) is 0 Å². The number of carboxylic acids is 1. The molecule has 0 radical (unpaired) electrons. The number of nitro benzene ring substituents is 1. The summed E-state index contributed by atoms with van der Waals surface area (Å²) >= 11 is 0. The van der Waals surface area contributed by atoms with Gasteiger partial charge in [-0.1, -0.05) is 18.2 Å². The monoisotopic (exact) mass is 401 g/mol. The summed E-state index contributed by atoms with van der Waals surface area (Å²) in [6.45, 7) is -0.125. The number of carbonyl (C=O) groups is 1. The zero-order valence-electron chi connectivity index (χ0n) is 14.4. The number of aliphatic carboxylic acids is 1. The van der Waals surface area contributed by atoms with Gasteiger partial charge in [-0.05, 0) is 23.8 Å². The molecule has 0 amide bonds. The molecule has 1 aliphatic heterocycles. The number of benzene rings is 2. The van der Waals surface area contributed by atoms with Crippen molar-refractivity contribution >= 4 is 32.6 Å². The number of non-ortho nitro benzene ring substituents is 1. The molecule has 1 aliphatic rings. The van der Waals surface area contributed by atoms with Crippen molar-refractivity contribution in [3.8, 4) is 0 Å². The van der Waals surface area contributed by atoms with Gasteiger partial charge in [0.25, 0.3) is 5.69 Å². The standard InChI is InChI=1S/C18H15N3O6S/c22-18(23)17-9-14-13-3-1-2-4-15(13)19-16(14)10-20(17)28(26,27)12-7-5-11(6-8-12)21(24)25/h1-8,17,19H,9-10H2,(H,22,23). The Hall–Kier alpha value is -3.24. The Bertz CT molecular complexity index is 1200. The molecule has 0 saturated heterocycles. The third kappa shape index (κ3) is 2.83. The van der Waals surface area contributed by atoms with Crippen molar-refractivity contribution in [2.24, 2.45) is 0 Å². The van der Waals surface area contributed by atoms with Gasteiger partial charge < -0.3 is 10.1 Å². The summed E-state index contributed by atoms with van der Waals surface area (Å²) in [5, 5.41) is 21.3. The molecule has 0 bridgehead atoms. The SMILES string of the molecule is O=C(O)C1Cc2c([nH]c3ccccc23)CN1S(=O)(=O)c1ccc([N+](=O)[O-])cc1. The van der Waals surface area contributed by atoms with Crippen LogP contribution in [0.15, 0.2) is 53.4 Å². The number of hydrogen-bond donors (Lipinski definition) is 2. The first-order valence-corrected chi connectivity index (χ1v) is 9.80. The maximum absolute atomic E-state index is 13.1. The van der Waals surface area contributed by atoms with Crippen LogP contribution in [0.4, 0.5) is 5.69 Å². The molecule has 1 aromatic heterocycles. The molecule has 0 aliphatic carbocycles. The van der Waals surface area contributed by atoms with Crippen molar-refractivity contribution in [3.63, 3.8) is 0 Å². The van der Waals surface area contributed by atoms with Gasteiger partial charge in [0.05, 0.1) is 16.4 Å². The number of rotatable bonds is 4. The van der Waals surface area contributed by atoms with Crippen LogP contribution < -0.4 is 0 Å². The number of carboxylic acid groups (broad SMARTS) is 1. The van der Waals surface area contributed by atoms with Gasteiger partial charge in [-0.2, -0.15) is 4.31 Å². The highest BCUT2D eigenvalue weighted by Gasteiger charge is 2.41. The van der Waals surface area contributed by atoms with Gasteiger partial charge in [0.2, 0.25) is 10.0 Å². The topological polar surface area (TPSA) is 134 Å². The first kappa shape index (κ1) is 18.1. The lowest BCUT2D eigenvalue weighted by Crippen LogP contribution is -2.48. The lowest BCUT2D eigenvalue weighted by molar-refractivity contribution is -0.384. The summed E-state index contributed by atoms with van der Waals surface area (Å²) in [5.74, 6) is -1.25. The van der Waals surface area contributed by atoms with E-state index in [0.717, 1.165) is 45.0 Å². The van der Waals surface area contributed by atoms with Gasteiger partial charge in [0.15, 0.2) is 0 Å². The molecule has 2 aromatic carbocycles. The molecule has 1 unspecified atom stereocenters. The third-order valence-corrected chi connectivity index (χ3v) is 6.77. The Labute approximate surface area is 159 Å². The maximum Gasteiger partial charge on any atom is 0.322 e. The van der Waals surface area contributed by atoms with Crippen LogP contribution >= 0.6 is 0 Å². The quantitative estimate of drug-likeness (QED) is 0.509. The van der Waals surface area contributed by atoms with Gasteiger partial charge in [0, 0.05) is 35.2 Å². The molecular weight excluding hydrogens is 386 g/mol. The molecule has 3 aromatic rings. The molecule has 4 rings (SSSR count). The number of nitro groups is 1. The minimum Gasteiger partial charge on any atom is -0.480 e. The fraction of sp³-hybridized carbons (Fsp3) is 0.167. The molecule has 144 valence electrons. The summed E-state index contributed by atoms with van der Waals surface area (Å²) in [7, 11) is -4.17. The second-order valence-electron chi connectivity index (χ2n) is 6.49. The zero-order valence-corrected chi connectivity index (χ0v) is 15.2. The predicted octanol–water partition coefficient (Wildman–Crippen LogP) is 2.28. The molecule has 28 heavy (non-hydrogen) atoms. The number of nitrogens with one attached hydrogen (secondary N) is 1. The van der Waals surface area contributed by atoms with E-state index >= 15 is 0 Å². The van der Waals surface area contributed by atoms with E-state index < -0.39 is 27.0 Å². The van der Waals surface area contributed by atoms with E-state index in [1.165, 1.54) is 0 Å². The second-order valence-corrected chi connectivity index (χ2v) is 8.38. The number of para-hydroxylation sites is 1. The summed E-state index contributed by atoms with van der Waals surface area (Å²) in [4.78, 5) is 25.0. The largest absolute Gasteiger partial charge is 0.480 e. The summed E-state index contributed by atoms with van der Waals surface area (Å²) in [6, 6.07) is 10.5. The fourth-order valence-electron chi connectivity index (χ4n) is 3.52. The van der Waals surface area contributed by atoms with Crippen LogP contribution in [0.5, 0.6) is 0 Å². The van der Waals surface area contributed by atoms with Gasteiger partial charge >= 0.3 is 5.97 Å². The predicted molar refractivity (Wildman–Crippen MR) is 99.3 cm³/mol. The van der Waals surface area contributed by atoms with Crippen molar-refractivity contribution < 1.29 is 23.2 Å². The molecule has 9 nitrogen and oxygen atoms in total. The van der Waals surface area contributed by atoms with Crippen LogP contribution in [0.1, 0.15) is 11.3 Å². The minimum absolute atomic E-state index is 0.0287. The smallest absolute Gasteiger partial charge is 0.322 e. The Morgan fingerprint density at radius 1 is 1.18 bits per heavy atom. The number of fused-ring (bicyclic) bond motifs is 3. The molecule has 0 fully saturated rings. The summed E-state index contributed by atoms with van der Waals surface area (Å²) < 4.78 is 27.1. The first-order valence-electron chi connectivity index (χ1n) is 8.36. The maximum atomic E-state index is 13.1. The fourth-order valence-corrected chi connectivity index (χ4v) is 5.07. The summed E-state index contributed by atoms with van der Waals surface area (Å²) in [5.41, 5.74) is 2.00. The minimum atomic E-state index is -4.17. The molecule has 2 N–H and O–H groups in total. The number of H-pyrrole nitrogens is 1. The van der Waals surface area contributed by atoms with Gasteiger partial charge in [-0.15, -0.1) is 0 Å². The molecule has 10 heteroatoms. The van der Waals surface area contributed by atoms with Crippen LogP contribution in [0.25, 0.3) is 10.9 Å². The van der Waals surface area contributed by atoms with E-state index in [1.54, 1.807) is 0 Å². The first-order chi connectivity index (χ1) is 13.3. The average Bonchev–Trinajstić information content (AvgIpc) is 3.04. The van der Waals surface area contributed by atoms with Gasteiger partial charge in [0.1, 0.15) is 6.04 Å². The van der Waals surface area contributed by atoms with E-state index in [1.807, 2.05) is 24.3 Å². The van der Waals surface area contributed by atoms with Crippen LogP contribution in [0.2, 0.25) is 0 Å². The molecule has 1 atom stereocenters. The van der Waals surface area contributed by atoms with Crippen molar-refractivity contribution in [2.45, 2.75) is 23.9 Å². The number of aromatic amines is 1.